The van der Waals surface area contributed by atoms with Gasteiger partial charge in [-0.2, -0.15) is 5.10 Å². The van der Waals surface area contributed by atoms with E-state index in [0.717, 1.165) is 14.2 Å². The summed E-state index contributed by atoms with van der Waals surface area (Å²) < 4.78 is 0.886. The van der Waals surface area contributed by atoms with Gasteiger partial charge in [0, 0.05) is 10.5 Å². The van der Waals surface area contributed by atoms with Crippen molar-refractivity contribution in [1.29, 1.82) is 0 Å². The molecule has 1 aromatic heterocycles. The van der Waals surface area contributed by atoms with Gasteiger partial charge in [0.25, 0.3) is 0 Å². The summed E-state index contributed by atoms with van der Waals surface area (Å²) in [5.74, 6) is 0. The van der Waals surface area contributed by atoms with Crippen LogP contribution in [0.1, 0.15) is 12.5 Å². The lowest BCUT2D eigenvalue weighted by Gasteiger charge is -2.00. The lowest BCUT2D eigenvalue weighted by molar-refractivity contribution is 0.998. The normalized spacial score (nSPS) is 10.6. The maximum Gasteiger partial charge on any atom is 0.124 e. The summed E-state index contributed by atoms with van der Waals surface area (Å²) in [5.41, 5.74) is 1.03. The molecule has 2 nitrogen and oxygen atoms in total. The van der Waals surface area contributed by atoms with E-state index in [1.165, 1.54) is 0 Å². The molecule has 1 aromatic rings. The zero-order valence-electron chi connectivity index (χ0n) is 7.20. The molecule has 0 aliphatic heterocycles. The summed E-state index contributed by atoms with van der Waals surface area (Å²) in [5, 5.41) is 9.72. The van der Waals surface area contributed by atoms with Crippen LogP contribution in [0.2, 0.25) is 0 Å². The van der Waals surface area contributed by atoms with Crippen LogP contribution in [0, 0.1) is 3.70 Å². The van der Waals surface area contributed by atoms with Crippen molar-refractivity contribution in [2.75, 3.05) is 0 Å². The number of nitrogens with zero attached hydrogens (tertiary/aromatic N) is 2. The monoisotopic (exact) mass is 304 g/mol. The Morgan fingerprint density at radius 1 is 1.69 bits per heavy atom. The van der Waals surface area contributed by atoms with Gasteiger partial charge in [0.15, 0.2) is 0 Å². The molecule has 0 amide bonds. The second-order valence-electron chi connectivity index (χ2n) is 2.28. The number of allylic oxidation sites excluding steroid dienone is 1. The summed E-state index contributed by atoms with van der Waals surface area (Å²) in [7, 11) is 0. The summed E-state index contributed by atoms with van der Waals surface area (Å²) >= 11 is 3.73. The van der Waals surface area contributed by atoms with Crippen LogP contribution in [0.25, 0.3) is 4.91 Å². The quantitative estimate of drug-likeness (QED) is 0.801. The van der Waals surface area contributed by atoms with Crippen LogP contribution in [-0.4, -0.2) is 10.2 Å². The predicted molar refractivity (Wildman–Crippen MR) is 66.2 cm³/mol. The number of rotatable bonds is 3. The molecule has 0 unspecified atom stereocenters. The second kappa shape index (κ2) is 5.39. The molecule has 0 aliphatic rings. The summed E-state index contributed by atoms with van der Waals surface area (Å²) in [4.78, 5) is 0.992. The Kier molecular flexibility index (Phi) is 4.44. The lowest BCUT2D eigenvalue weighted by atomic mass is 10.3. The molecular weight excluding hydrogens is 295 g/mol. The Morgan fingerprint density at radius 3 is 3.08 bits per heavy atom. The molecule has 0 fully saturated rings. The largest absolute Gasteiger partial charge is 0.157 e. The van der Waals surface area contributed by atoms with Crippen molar-refractivity contribution >= 4 is 39.3 Å². The lowest BCUT2D eigenvalue weighted by Crippen LogP contribution is -1.87. The number of thioether (sulfide) groups is 1. The van der Waals surface area contributed by atoms with E-state index in [0.29, 0.717) is 0 Å². The zero-order valence-corrected chi connectivity index (χ0v) is 10.2. The molecular formula is C9H9IN2S. The minimum absolute atomic E-state index is 0.886. The second-order valence-corrected chi connectivity index (χ2v) is 4.38. The molecule has 0 radical (unpaired) electrons. The third kappa shape index (κ3) is 3.48. The van der Waals surface area contributed by atoms with Gasteiger partial charge < -0.3 is 0 Å². The molecule has 0 N–H and O–H groups in total. The number of hydrogen-bond acceptors (Lipinski definition) is 3. The maximum atomic E-state index is 3.94. The predicted octanol–water partition coefficient (Wildman–Crippen LogP) is 3.32. The molecule has 4 heteroatoms. The van der Waals surface area contributed by atoms with Crippen LogP contribution >= 0.6 is 34.4 Å². The average molecular weight is 304 g/mol. The van der Waals surface area contributed by atoms with Crippen molar-refractivity contribution < 1.29 is 0 Å². The smallest absolute Gasteiger partial charge is 0.124 e. The molecule has 0 spiro atoms. The summed E-state index contributed by atoms with van der Waals surface area (Å²) in [6, 6.07) is 1.96. The first-order valence-electron chi connectivity index (χ1n) is 3.69. The highest BCUT2D eigenvalue weighted by Gasteiger charge is 1.99. The highest BCUT2D eigenvalue weighted by molar-refractivity contribution is 14.1. The van der Waals surface area contributed by atoms with E-state index in [9.17, 15) is 0 Å². The van der Waals surface area contributed by atoms with E-state index in [1.807, 2.05) is 24.5 Å². The Labute approximate surface area is 95.7 Å². The molecule has 0 saturated heterocycles. The van der Waals surface area contributed by atoms with E-state index in [4.69, 9.17) is 0 Å². The van der Waals surface area contributed by atoms with E-state index in [1.54, 1.807) is 18.0 Å². The highest BCUT2D eigenvalue weighted by Crippen LogP contribution is 2.25. The third-order valence-corrected chi connectivity index (χ3v) is 2.75. The summed E-state index contributed by atoms with van der Waals surface area (Å²) in [6.45, 7) is 5.93. The first-order chi connectivity index (χ1) is 6.24. The molecule has 0 saturated carbocycles. The highest BCUT2D eigenvalue weighted by atomic mass is 127. The van der Waals surface area contributed by atoms with E-state index < -0.39 is 0 Å². The van der Waals surface area contributed by atoms with Crippen molar-refractivity contribution in [2.45, 2.75) is 6.92 Å². The van der Waals surface area contributed by atoms with Crippen molar-refractivity contribution in [2.24, 2.45) is 0 Å². The van der Waals surface area contributed by atoms with E-state index >= 15 is 0 Å². The van der Waals surface area contributed by atoms with Gasteiger partial charge in [0.05, 0.1) is 6.20 Å². The van der Waals surface area contributed by atoms with Crippen molar-refractivity contribution in [3.63, 3.8) is 0 Å². The first kappa shape index (κ1) is 10.7. The fourth-order valence-electron chi connectivity index (χ4n) is 0.711. The first-order valence-corrected chi connectivity index (χ1v) is 5.65. The fourth-order valence-corrected chi connectivity index (χ4v) is 1.72. The van der Waals surface area contributed by atoms with Crippen molar-refractivity contribution in [1.82, 2.24) is 10.2 Å². The van der Waals surface area contributed by atoms with E-state index in [-0.39, 0.29) is 0 Å². The molecule has 68 valence electrons. The zero-order chi connectivity index (χ0) is 9.68. The van der Waals surface area contributed by atoms with Gasteiger partial charge in [0.1, 0.15) is 3.70 Å². The maximum absolute atomic E-state index is 3.94. The Morgan fingerprint density at radius 2 is 2.46 bits per heavy atom. The Hall–Kier alpha value is -0.360. The SMILES string of the molecule is C=C(S/C=C\C)c1cnnc(I)c1. The molecule has 0 aliphatic carbocycles. The van der Waals surface area contributed by atoms with Crippen LogP contribution < -0.4 is 0 Å². The minimum Gasteiger partial charge on any atom is -0.157 e. The number of aromatic nitrogens is 2. The number of hydrogen-bond donors (Lipinski definition) is 0. The van der Waals surface area contributed by atoms with Gasteiger partial charge in [-0.3, -0.25) is 0 Å². The van der Waals surface area contributed by atoms with Gasteiger partial charge in [-0.15, -0.1) is 5.10 Å². The third-order valence-electron chi connectivity index (χ3n) is 1.29. The minimum atomic E-state index is 0.886. The van der Waals surface area contributed by atoms with Crippen LogP contribution in [0.15, 0.2) is 30.3 Å². The van der Waals surface area contributed by atoms with Gasteiger partial charge in [-0.05, 0) is 41.0 Å². The molecule has 1 heterocycles. The molecule has 13 heavy (non-hydrogen) atoms. The van der Waals surface area contributed by atoms with Gasteiger partial charge >= 0.3 is 0 Å². The van der Waals surface area contributed by atoms with Crippen LogP contribution in [0.5, 0.6) is 0 Å². The molecule has 0 aromatic carbocycles. The van der Waals surface area contributed by atoms with Crippen molar-refractivity contribution in [3.05, 3.63) is 39.6 Å². The molecule has 0 bridgehead atoms. The van der Waals surface area contributed by atoms with Crippen LogP contribution in [0.4, 0.5) is 0 Å². The van der Waals surface area contributed by atoms with Gasteiger partial charge in [-0.25, -0.2) is 0 Å². The van der Waals surface area contributed by atoms with Crippen LogP contribution in [-0.2, 0) is 0 Å². The van der Waals surface area contributed by atoms with Crippen molar-refractivity contribution in [3.8, 4) is 0 Å². The van der Waals surface area contributed by atoms with E-state index in [2.05, 4.69) is 39.4 Å². The van der Waals surface area contributed by atoms with Gasteiger partial charge in [0.2, 0.25) is 0 Å². The summed E-state index contributed by atoms with van der Waals surface area (Å²) in [6.07, 6.45) is 3.70. The number of halogens is 1. The van der Waals surface area contributed by atoms with Gasteiger partial charge in [-0.1, -0.05) is 24.4 Å². The standard InChI is InChI=1S/C9H9IN2S/c1-3-4-13-7(2)8-5-9(10)12-11-6-8/h3-6H,2H2,1H3/b4-3-. The molecule has 1 rings (SSSR count). The average Bonchev–Trinajstić information content (AvgIpc) is 2.14. The van der Waals surface area contributed by atoms with Crippen LogP contribution in [0.3, 0.4) is 0 Å². The fraction of sp³-hybridized carbons (Fsp3) is 0.111. The Bertz CT molecular complexity index is 336. The Balaban J connectivity index is 2.77. The topological polar surface area (TPSA) is 25.8 Å². The molecule has 0 atom stereocenters.